The largest absolute Gasteiger partial charge is 0.479 e. The maximum atomic E-state index is 10.8. The Kier molecular flexibility index (Phi) is 12.7. The van der Waals surface area contributed by atoms with Crippen molar-refractivity contribution in [2.75, 3.05) is 6.61 Å². The highest BCUT2D eigenvalue weighted by molar-refractivity contribution is 5.77. The molecular weight excluding hydrogens is 268 g/mol. The summed E-state index contributed by atoms with van der Waals surface area (Å²) in [4.78, 5) is 10.8. The van der Waals surface area contributed by atoms with E-state index in [4.69, 9.17) is 10.2 Å². The van der Waals surface area contributed by atoms with Crippen LogP contribution in [0.25, 0.3) is 0 Å². The lowest BCUT2D eigenvalue weighted by Gasteiger charge is -2.20. The molecule has 21 heavy (non-hydrogen) atoms. The number of carbonyl (C=O) groups is 1. The van der Waals surface area contributed by atoms with E-state index >= 15 is 0 Å². The molecule has 0 aliphatic rings. The van der Waals surface area contributed by atoms with Gasteiger partial charge in [-0.2, -0.15) is 0 Å². The molecule has 0 spiro atoms. The fourth-order valence-corrected chi connectivity index (χ4v) is 2.51. The summed E-state index contributed by atoms with van der Waals surface area (Å²) in [5, 5.41) is 27.3. The number of hydrogen-bond donors (Lipinski definition) is 3. The molecule has 0 unspecified atom stereocenters. The Labute approximate surface area is 129 Å². The highest BCUT2D eigenvalue weighted by Gasteiger charge is 2.34. The number of carboxylic acids is 1. The molecule has 0 aromatic heterocycles. The van der Waals surface area contributed by atoms with Crippen molar-refractivity contribution >= 4 is 5.97 Å². The van der Waals surface area contributed by atoms with Gasteiger partial charge in [0.2, 0.25) is 0 Å². The molecule has 0 amide bonds. The fourth-order valence-electron chi connectivity index (χ4n) is 2.51. The zero-order valence-electron chi connectivity index (χ0n) is 13.6. The monoisotopic (exact) mass is 302 g/mol. The topological polar surface area (TPSA) is 77.8 Å². The Morgan fingerprint density at radius 3 is 1.52 bits per heavy atom. The average Bonchev–Trinajstić information content (AvgIpc) is 2.47. The van der Waals surface area contributed by atoms with Crippen LogP contribution < -0.4 is 0 Å². The van der Waals surface area contributed by atoms with Gasteiger partial charge in [0, 0.05) is 0 Å². The van der Waals surface area contributed by atoms with Crippen LogP contribution in [0, 0.1) is 0 Å². The van der Waals surface area contributed by atoms with E-state index in [1.54, 1.807) is 0 Å². The van der Waals surface area contributed by atoms with Gasteiger partial charge in [0.05, 0.1) is 6.61 Å². The second kappa shape index (κ2) is 13.1. The van der Waals surface area contributed by atoms with Crippen LogP contribution in [-0.4, -0.2) is 33.5 Å². The molecule has 0 aliphatic heterocycles. The van der Waals surface area contributed by atoms with Crippen molar-refractivity contribution in [3.05, 3.63) is 0 Å². The summed E-state index contributed by atoms with van der Waals surface area (Å²) in [7, 11) is 0. The van der Waals surface area contributed by atoms with Gasteiger partial charge in [0.1, 0.15) is 0 Å². The normalized spacial score (nSPS) is 14.0. The van der Waals surface area contributed by atoms with Gasteiger partial charge < -0.3 is 15.3 Å². The zero-order valence-corrected chi connectivity index (χ0v) is 13.6. The Morgan fingerprint density at radius 1 is 0.810 bits per heavy atom. The number of aliphatic hydroxyl groups is 2. The summed E-state index contributed by atoms with van der Waals surface area (Å²) in [6, 6.07) is 0. The van der Waals surface area contributed by atoms with Gasteiger partial charge in [-0.05, 0) is 12.8 Å². The molecule has 0 aliphatic carbocycles. The van der Waals surface area contributed by atoms with Crippen LogP contribution in [0.15, 0.2) is 0 Å². The van der Waals surface area contributed by atoms with Gasteiger partial charge in [-0.3, -0.25) is 0 Å². The first-order chi connectivity index (χ1) is 10.1. The van der Waals surface area contributed by atoms with Gasteiger partial charge in [-0.15, -0.1) is 0 Å². The quantitative estimate of drug-likeness (QED) is 0.401. The number of rotatable bonds is 15. The second-order valence-electron chi connectivity index (χ2n) is 6.13. The maximum Gasteiger partial charge on any atom is 0.338 e. The van der Waals surface area contributed by atoms with Crippen molar-refractivity contribution < 1.29 is 20.1 Å². The second-order valence-corrected chi connectivity index (χ2v) is 6.13. The molecule has 4 heteroatoms. The van der Waals surface area contributed by atoms with E-state index in [0.29, 0.717) is 6.42 Å². The van der Waals surface area contributed by atoms with Crippen molar-refractivity contribution in [1.29, 1.82) is 0 Å². The molecule has 0 bridgehead atoms. The Hall–Kier alpha value is -0.610. The first-order valence-corrected chi connectivity index (χ1v) is 8.63. The SMILES string of the molecule is CCCCCCCCCCCCCC[C@@](O)(CO)C(=O)O. The number of aliphatic hydroxyl groups excluding tert-OH is 1. The molecule has 0 heterocycles. The summed E-state index contributed by atoms with van der Waals surface area (Å²) in [6.45, 7) is 1.53. The van der Waals surface area contributed by atoms with E-state index in [1.165, 1.54) is 57.8 Å². The number of carboxylic acid groups (broad SMARTS) is 1. The van der Waals surface area contributed by atoms with E-state index in [-0.39, 0.29) is 6.42 Å². The van der Waals surface area contributed by atoms with Crippen LogP contribution in [0.5, 0.6) is 0 Å². The molecule has 0 rings (SSSR count). The van der Waals surface area contributed by atoms with Crippen molar-refractivity contribution in [1.82, 2.24) is 0 Å². The van der Waals surface area contributed by atoms with Crippen LogP contribution in [-0.2, 0) is 4.79 Å². The van der Waals surface area contributed by atoms with Crippen LogP contribution >= 0.6 is 0 Å². The fraction of sp³-hybridized carbons (Fsp3) is 0.941. The molecule has 0 fully saturated rings. The van der Waals surface area contributed by atoms with Crippen molar-refractivity contribution in [3.8, 4) is 0 Å². The Morgan fingerprint density at radius 2 is 1.19 bits per heavy atom. The summed E-state index contributed by atoms with van der Waals surface area (Å²) in [5.74, 6) is -1.33. The van der Waals surface area contributed by atoms with Crippen LogP contribution in [0.1, 0.15) is 90.4 Å². The molecule has 0 saturated carbocycles. The van der Waals surface area contributed by atoms with Gasteiger partial charge in [-0.25, -0.2) is 4.79 Å². The molecule has 0 saturated heterocycles. The van der Waals surface area contributed by atoms with E-state index < -0.39 is 18.2 Å². The van der Waals surface area contributed by atoms with Gasteiger partial charge >= 0.3 is 5.97 Å². The van der Waals surface area contributed by atoms with E-state index in [9.17, 15) is 9.90 Å². The van der Waals surface area contributed by atoms with Crippen molar-refractivity contribution in [2.24, 2.45) is 0 Å². The van der Waals surface area contributed by atoms with Crippen molar-refractivity contribution in [3.63, 3.8) is 0 Å². The minimum atomic E-state index is -1.95. The molecule has 4 nitrogen and oxygen atoms in total. The predicted octanol–water partition coefficient (Wildman–Crippen LogP) is 3.89. The Bertz CT molecular complexity index is 255. The third kappa shape index (κ3) is 10.7. The average molecular weight is 302 g/mol. The van der Waals surface area contributed by atoms with Crippen LogP contribution in [0.4, 0.5) is 0 Å². The molecular formula is C17H34O4. The highest BCUT2D eigenvalue weighted by Crippen LogP contribution is 2.17. The maximum absolute atomic E-state index is 10.8. The molecule has 3 N–H and O–H groups in total. The third-order valence-corrected chi connectivity index (χ3v) is 4.10. The lowest BCUT2D eigenvalue weighted by molar-refractivity contribution is -0.163. The standard InChI is InChI=1S/C17H34O4/c1-2-3-4-5-6-7-8-9-10-11-12-13-14-17(21,15-18)16(19)20/h18,21H,2-15H2,1H3,(H,19,20)/t17-/m1/s1. The van der Waals surface area contributed by atoms with E-state index in [1.807, 2.05) is 0 Å². The van der Waals surface area contributed by atoms with Crippen LogP contribution in [0.2, 0.25) is 0 Å². The van der Waals surface area contributed by atoms with E-state index in [0.717, 1.165) is 12.8 Å². The molecule has 0 radical (unpaired) electrons. The molecule has 0 aromatic rings. The third-order valence-electron chi connectivity index (χ3n) is 4.10. The van der Waals surface area contributed by atoms with E-state index in [2.05, 4.69) is 6.92 Å². The van der Waals surface area contributed by atoms with Gasteiger partial charge in [0.25, 0.3) is 0 Å². The minimum Gasteiger partial charge on any atom is -0.479 e. The lowest BCUT2D eigenvalue weighted by Crippen LogP contribution is -2.42. The smallest absolute Gasteiger partial charge is 0.338 e. The number of aliphatic carboxylic acids is 1. The van der Waals surface area contributed by atoms with Crippen LogP contribution in [0.3, 0.4) is 0 Å². The molecule has 126 valence electrons. The first-order valence-electron chi connectivity index (χ1n) is 8.63. The summed E-state index contributed by atoms with van der Waals surface area (Å²) in [5.41, 5.74) is -1.95. The van der Waals surface area contributed by atoms with Gasteiger partial charge in [-0.1, -0.05) is 77.6 Å². The Balaban J connectivity index is 3.31. The number of unbranched alkanes of at least 4 members (excludes halogenated alkanes) is 11. The highest BCUT2D eigenvalue weighted by atomic mass is 16.4. The number of hydrogen-bond acceptors (Lipinski definition) is 3. The van der Waals surface area contributed by atoms with Crippen molar-refractivity contribution in [2.45, 2.75) is 96.0 Å². The molecule has 0 aromatic carbocycles. The summed E-state index contributed by atoms with van der Waals surface area (Å²) >= 11 is 0. The molecule has 1 atom stereocenters. The summed E-state index contributed by atoms with van der Waals surface area (Å²) < 4.78 is 0. The van der Waals surface area contributed by atoms with Gasteiger partial charge in [0.15, 0.2) is 5.60 Å². The zero-order chi connectivity index (χ0) is 16.0. The lowest BCUT2D eigenvalue weighted by atomic mass is 9.96. The summed E-state index contributed by atoms with van der Waals surface area (Å²) in [6.07, 6.45) is 14.6. The predicted molar refractivity (Wildman–Crippen MR) is 85.4 cm³/mol. The minimum absolute atomic E-state index is 0.135. The first kappa shape index (κ1) is 20.4.